The number of anilines is 1. The lowest BCUT2D eigenvalue weighted by Crippen LogP contribution is -2.34. The number of carbonyl (C=O) groups is 1. The summed E-state index contributed by atoms with van der Waals surface area (Å²) in [6.07, 6.45) is 4.90. The number of benzene rings is 2. The molecule has 0 aromatic heterocycles. The molecule has 0 saturated heterocycles. The number of ether oxygens (including phenoxy) is 1. The first-order valence-corrected chi connectivity index (χ1v) is 10.3. The maximum Gasteiger partial charge on any atom is 0.257 e. The van der Waals surface area contributed by atoms with Crippen molar-refractivity contribution < 1.29 is 9.53 Å². The summed E-state index contributed by atoms with van der Waals surface area (Å²) in [5.41, 5.74) is 1.93. The predicted octanol–water partition coefficient (Wildman–Crippen LogP) is 4.94. The van der Waals surface area contributed by atoms with E-state index in [4.69, 9.17) is 17.0 Å². The molecule has 5 nitrogen and oxygen atoms in total. The normalized spacial score (nSPS) is 14.6. The van der Waals surface area contributed by atoms with E-state index in [2.05, 4.69) is 16.7 Å². The second-order valence-corrected chi connectivity index (χ2v) is 7.67. The van der Waals surface area contributed by atoms with Crippen LogP contribution in [-0.2, 0) is 5.41 Å². The van der Waals surface area contributed by atoms with E-state index >= 15 is 0 Å². The molecule has 150 valence electrons. The van der Waals surface area contributed by atoms with Crippen LogP contribution in [0, 0.1) is 11.3 Å². The van der Waals surface area contributed by atoms with E-state index in [0.29, 0.717) is 17.9 Å². The van der Waals surface area contributed by atoms with E-state index in [1.54, 1.807) is 18.2 Å². The van der Waals surface area contributed by atoms with E-state index in [0.717, 1.165) is 43.4 Å². The van der Waals surface area contributed by atoms with Crippen LogP contribution < -0.4 is 15.4 Å². The lowest BCUT2D eigenvalue weighted by Gasteiger charge is -2.21. The Bertz CT molecular complexity index is 912. The second-order valence-electron chi connectivity index (χ2n) is 7.26. The summed E-state index contributed by atoms with van der Waals surface area (Å²) in [5, 5.41) is 15.6. The minimum absolute atomic E-state index is 0.221. The second kappa shape index (κ2) is 9.53. The highest BCUT2D eigenvalue weighted by atomic mass is 32.1. The first-order chi connectivity index (χ1) is 14.1. The van der Waals surface area contributed by atoms with Gasteiger partial charge in [-0.2, -0.15) is 5.26 Å². The Hall–Kier alpha value is -2.91. The lowest BCUT2D eigenvalue weighted by molar-refractivity contribution is 0.0977. The molecule has 0 radical (unpaired) electrons. The van der Waals surface area contributed by atoms with E-state index in [1.807, 2.05) is 37.3 Å². The van der Waals surface area contributed by atoms with E-state index in [-0.39, 0.29) is 16.4 Å². The number of nitrogens with one attached hydrogen (secondary N) is 2. The number of amides is 1. The molecule has 1 amide bonds. The van der Waals surface area contributed by atoms with Gasteiger partial charge in [-0.05, 0) is 67.4 Å². The number of hydrogen-bond acceptors (Lipinski definition) is 4. The highest BCUT2D eigenvalue weighted by molar-refractivity contribution is 7.80. The van der Waals surface area contributed by atoms with Crippen molar-refractivity contribution in [2.45, 2.75) is 44.4 Å². The van der Waals surface area contributed by atoms with Crippen molar-refractivity contribution >= 4 is 28.9 Å². The number of hydrogen-bond donors (Lipinski definition) is 2. The van der Waals surface area contributed by atoms with Crippen LogP contribution in [0.4, 0.5) is 5.69 Å². The first kappa shape index (κ1) is 20.8. The molecule has 0 atom stereocenters. The molecule has 2 aromatic carbocycles. The molecule has 1 fully saturated rings. The smallest absolute Gasteiger partial charge is 0.257 e. The Morgan fingerprint density at radius 3 is 2.59 bits per heavy atom. The Balaban J connectivity index is 1.59. The van der Waals surface area contributed by atoms with Crippen LogP contribution in [0.15, 0.2) is 48.5 Å². The first-order valence-electron chi connectivity index (χ1n) is 9.93. The molecule has 0 bridgehead atoms. The summed E-state index contributed by atoms with van der Waals surface area (Å²) < 4.78 is 5.57. The summed E-state index contributed by atoms with van der Waals surface area (Å²) in [5.74, 6) is 0.364. The van der Waals surface area contributed by atoms with Gasteiger partial charge in [0, 0.05) is 11.3 Å². The number of nitrogens with zero attached hydrogens (tertiary/aromatic N) is 1. The number of thiocarbonyl (C=S) groups is 1. The highest BCUT2D eigenvalue weighted by Crippen LogP contribution is 2.40. The molecule has 1 aliphatic carbocycles. The van der Waals surface area contributed by atoms with Crippen LogP contribution in [0.25, 0.3) is 0 Å². The fraction of sp³-hybridized carbons (Fsp3) is 0.348. The van der Waals surface area contributed by atoms with E-state index in [1.165, 1.54) is 0 Å². The molecular formula is C23H25N3O2S. The van der Waals surface area contributed by atoms with E-state index in [9.17, 15) is 10.1 Å². The van der Waals surface area contributed by atoms with Crippen LogP contribution in [0.1, 0.15) is 54.9 Å². The summed E-state index contributed by atoms with van der Waals surface area (Å²) >= 11 is 5.27. The fourth-order valence-corrected chi connectivity index (χ4v) is 3.81. The van der Waals surface area contributed by atoms with Crippen molar-refractivity contribution in [2.75, 3.05) is 11.9 Å². The molecule has 2 N–H and O–H groups in total. The van der Waals surface area contributed by atoms with Crippen molar-refractivity contribution in [3.05, 3.63) is 59.7 Å². The van der Waals surface area contributed by atoms with Crippen LogP contribution >= 0.6 is 12.2 Å². The van der Waals surface area contributed by atoms with Crippen LogP contribution in [0.3, 0.4) is 0 Å². The molecular weight excluding hydrogens is 382 g/mol. The molecule has 0 unspecified atom stereocenters. The Kier molecular flexibility index (Phi) is 6.84. The molecule has 3 rings (SSSR count). The van der Waals surface area contributed by atoms with Crippen molar-refractivity contribution in [1.82, 2.24) is 5.32 Å². The minimum atomic E-state index is -0.363. The zero-order valence-corrected chi connectivity index (χ0v) is 17.3. The third-order valence-electron chi connectivity index (χ3n) is 5.16. The quantitative estimate of drug-likeness (QED) is 0.664. The van der Waals surface area contributed by atoms with Gasteiger partial charge in [-0.25, -0.2) is 0 Å². The number of carbonyl (C=O) groups excluding carboxylic acids is 1. The third-order valence-corrected chi connectivity index (χ3v) is 5.37. The molecule has 1 saturated carbocycles. The largest absolute Gasteiger partial charge is 0.494 e. The predicted molar refractivity (Wildman–Crippen MR) is 118 cm³/mol. The SMILES string of the molecule is CCCOc1cccc(C(=O)NC(=S)Nc2ccc(C3(C#N)CCCC3)cc2)c1. The summed E-state index contributed by atoms with van der Waals surface area (Å²) in [4.78, 5) is 12.5. The van der Waals surface area contributed by atoms with Crippen molar-refractivity contribution in [1.29, 1.82) is 5.26 Å². The fourth-order valence-electron chi connectivity index (χ4n) is 3.60. The third kappa shape index (κ3) is 5.12. The van der Waals surface area contributed by atoms with Gasteiger partial charge < -0.3 is 10.1 Å². The van der Waals surface area contributed by atoms with Crippen LogP contribution in [0.2, 0.25) is 0 Å². The van der Waals surface area contributed by atoms with Gasteiger partial charge in [0.1, 0.15) is 5.75 Å². The Labute approximate surface area is 177 Å². The highest BCUT2D eigenvalue weighted by Gasteiger charge is 2.35. The van der Waals surface area contributed by atoms with Gasteiger partial charge in [-0.1, -0.05) is 38.0 Å². The maximum atomic E-state index is 12.5. The lowest BCUT2D eigenvalue weighted by atomic mass is 9.80. The molecule has 0 spiro atoms. The minimum Gasteiger partial charge on any atom is -0.494 e. The zero-order chi connectivity index (χ0) is 20.7. The zero-order valence-electron chi connectivity index (χ0n) is 16.5. The topological polar surface area (TPSA) is 74.2 Å². The molecule has 2 aromatic rings. The molecule has 0 aliphatic heterocycles. The number of rotatable bonds is 6. The van der Waals surface area contributed by atoms with Crippen molar-refractivity contribution in [3.63, 3.8) is 0 Å². The van der Waals surface area contributed by atoms with Crippen molar-refractivity contribution in [2.24, 2.45) is 0 Å². The standard InChI is InChI=1S/C23H25N3O2S/c1-2-14-28-20-7-5-6-17(15-20)21(27)26-22(29)25-19-10-8-18(9-11-19)23(16-24)12-3-4-13-23/h5-11,15H,2-4,12-14H2,1H3,(H2,25,26,27,29). The Morgan fingerprint density at radius 1 is 1.21 bits per heavy atom. The maximum absolute atomic E-state index is 12.5. The molecule has 1 aliphatic rings. The van der Waals surface area contributed by atoms with Gasteiger partial charge in [-0.15, -0.1) is 0 Å². The van der Waals surface area contributed by atoms with Gasteiger partial charge in [0.25, 0.3) is 5.91 Å². The summed E-state index contributed by atoms with van der Waals surface area (Å²) in [6, 6.07) is 17.2. The monoisotopic (exact) mass is 407 g/mol. The molecule has 0 heterocycles. The van der Waals surface area contributed by atoms with Crippen LogP contribution in [-0.4, -0.2) is 17.6 Å². The average molecular weight is 408 g/mol. The Morgan fingerprint density at radius 2 is 1.93 bits per heavy atom. The van der Waals surface area contributed by atoms with Gasteiger partial charge in [0.05, 0.1) is 18.1 Å². The van der Waals surface area contributed by atoms with Gasteiger partial charge in [-0.3, -0.25) is 10.1 Å². The average Bonchev–Trinajstić information content (AvgIpc) is 3.23. The summed E-state index contributed by atoms with van der Waals surface area (Å²) in [7, 11) is 0. The van der Waals surface area contributed by atoms with E-state index < -0.39 is 0 Å². The van der Waals surface area contributed by atoms with Crippen LogP contribution in [0.5, 0.6) is 5.75 Å². The van der Waals surface area contributed by atoms with Crippen molar-refractivity contribution in [3.8, 4) is 11.8 Å². The molecule has 29 heavy (non-hydrogen) atoms. The summed E-state index contributed by atoms with van der Waals surface area (Å²) in [6.45, 7) is 2.63. The van der Waals surface area contributed by atoms with Gasteiger partial charge in [0.2, 0.25) is 0 Å². The van der Waals surface area contributed by atoms with Gasteiger partial charge >= 0.3 is 0 Å². The molecule has 6 heteroatoms. The van der Waals surface area contributed by atoms with Gasteiger partial charge in [0.15, 0.2) is 5.11 Å². The number of nitriles is 1.